The molecule has 9 nitrogen and oxygen atoms in total. The van der Waals surface area contributed by atoms with Crippen molar-refractivity contribution in [2.24, 2.45) is 5.92 Å². The maximum atomic E-state index is 10.6. The Kier molecular flexibility index (Phi) is 5.94. The van der Waals surface area contributed by atoms with Gasteiger partial charge in [-0.25, -0.2) is 9.97 Å². The Labute approximate surface area is 196 Å². The van der Waals surface area contributed by atoms with Crippen LogP contribution in [0.4, 0.5) is 11.8 Å². The van der Waals surface area contributed by atoms with Gasteiger partial charge in [0.1, 0.15) is 22.4 Å². The fourth-order valence-electron chi connectivity index (χ4n) is 4.52. The molecule has 2 aliphatic carbocycles. The first kappa shape index (κ1) is 22.4. The molecular weight excluding hydrogens is 440 g/mol. The molecule has 0 spiro atoms. The topological polar surface area (TPSA) is 136 Å². The summed E-state index contributed by atoms with van der Waals surface area (Å²) in [5.74, 6) is 1.15. The maximum Gasteiger partial charge on any atom is 0.225 e. The molecule has 5 N–H and O–H groups in total. The number of aryl methyl sites for hydroxylation is 1. The van der Waals surface area contributed by atoms with Crippen LogP contribution in [0.25, 0.3) is 20.8 Å². The quantitative estimate of drug-likeness (QED) is 0.353. The summed E-state index contributed by atoms with van der Waals surface area (Å²) in [4.78, 5) is 18.9. The van der Waals surface area contributed by atoms with Crippen molar-refractivity contribution < 1.29 is 15.3 Å². The molecule has 5 rings (SSSR count). The van der Waals surface area contributed by atoms with Gasteiger partial charge in [0, 0.05) is 30.7 Å². The van der Waals surface area contributed by atoms with E-state index in [-0.39, 0.29) is 18.6 Å². The Balaban J connectivity index is 1.58. The highest BCUT2D eigenvalue weighted by molar-refractivity contribution is 7.21. The van der Waals surface area contributed by atoms with Crippen molar-refractivity contribution in [3.8, 4) is 10.6 Å². The molecule has 3 aromatic heterocycles. The SMILES string of the molecule is Cc1nc(NC(C)C)nc(N[C@@H]2C[C@H](CO)[C@@H](O)[C@H]2O)c1-c1nc2c(C3CC3)nccc2s1. The summed E-state index contributed by atoms with van der Waals surface area (Å²) in [5.41, 5.74) is 3.54. The van der Waals surface area contributed by atoms with Crippen LogP contribution < -0.4 is 10.6 Å². The molecular formula is C23H30N6O3S. The summed E-state index contributed by atoms with van der Waals surface area (Å²) in [5, 5.41) is 37.8. The lowest BCUT2D eigenvalue weighted by atomic mass is 10.1. The second-order valence-corrected chi connectivity index (χ2v) is 10.4. The predicted molar refractivity (Wildman–Crippen MR) is 129 cm³/mol. The van der Waals surface area contributed by atoms with Gasteiger partial charge in [-0.1, -0.05) is 0 Å². The maximum absolute atomic E-state index is 10.6. The largest absolute Gasteiger partial charge is 0.396 e. The standard InChI is InChI=1S/C23H30N6O3S/c1-10(2)25-23-26-11(3)16(21(29-23)27-14-8-13(9-30)19(31)20(14)32)22-28-18-15(33-22)6-7-24-17(18)12-4-5-12/h6-7,10,12-14,19-20,30-32H,4-5,8-9H2,1-3H3,(H2,25,26,27,29)/t13-,14-,19-,20+/m1/s1. The van der Waals surface area contributed by atoms with Crippen molar-refractivity contribution in [3.63, 3.8) is 0 Å². The monoisotopic (exact) mass is 470 g/mol. The summed E-state index contributed by atoms with van der Waals surface area (Å²) in [6.45, 7) is 5.78. The van der Waals surface area contributed by atoms with Gasteiger partial charge in [-0.2, -0.15) is 4.98 Å². The van der Waals surface area contributed by atoms with Crippen LogP contribution in [0.15, 0.2) is 12.3 Å². The minimum Gasteiger partial charge on any atom is -0.396 e. The van der Waals surface area contributed by atoms with E-state index in [9.17, 15) is 15.3 Å². The van der Waals surface area contributed by atoms with E-state index in [0.717, 1.165) is 45.0 Å². The van der Waals surface area contributed by atoms with Gasteiger partial charge >= 0.3 is 0 Å². The summed E-state index contributed by atoms with van der Waals surface area (Å²) in [7, 11) is 0. The number of aromatic nitrogens is 4. The Morgan fingerprint density at radius 3 is 2.61 bits per heavy atom. The van der Waals surface area contributed by atoms with Gasteiger partial charge in [-0.15, -0.1) is 11.3 Å². The van der Waals surface area contributed by atoms with Crippen LogP contribution in [0.2, 0.25) is 0 Å². The van der Waals surface area contributed by atoms with Crippen LogP contribution in [-0.2, 0) is 0 Å². The number of aliphatic hydroxyl groups is 3. The number of nitrogens with one attached hydrogen (secondary N) is 2. The van der Waals surface area contributed by atoms with Crippen molar-refractivity contribution in [1.29, 1.82) is 0 Å². The van der Waals surface area contributed by atoms with E-state index in [1.807, 2.05) is 33.0 Å². The number of nitrogens with zero attached hydrogens (tertiary/aromatic N) is 4. The van der Waals surface area contributed by atoms with Crippen molar-refractivity contribution in [2.75, 3.05) is 17.2 Å². The molecule has 0 saturated heterocycles. The van der Waals surface area contributed by atoms with Gasteiger partial charge in [0.2, 0.25) is 5.95 Å². The van der Waals surface area contributed by atoms with E-state index in [1.165, 1.54) is 0 Å². The third-order valence-electron chi connectivity index (χ3n) is 6.38. The predicted octanol–water partition coefficient (Wildman–Crippen LogP) is 2.67. The fourth-order valence-corrected chi connectivity index (χ4v) is 5.59. The third-order valence-corrected chi connectivity index (χ3v) is 7.42. The normalized spacial score (nSPS) is 25.2. The highest BCUT2D eigenvalue weighted by Gasteiger charge is 2.41. The fraction of sp³-hybridized carbons (Fsp3) is 0.565. The van der Waals surface area contributed by atoms with Crippen LogP contribution in [-0.4, -0.2) is 66.2 Å². The zero-order chi connectivity index (χ0) is 23.3. The van der Waals surface area contributed by atoms with Gasteiger partial charge in [0.15, 0.2) is 0 Å². The number of pyridine rings is 1. The molecule has 0 unspecified atom stereocenters. The number of hydrogen-bond acceptors (Lipinski definition) is 10. The molecule has 0 aliphatic heterocycles. The average molecular weight is 471 g/mol. The summed E-state index contributed by atoms with van der Waals surface area (Å²) in [6.07, 6.45) is 2.59. The summed E-state index contributed by atoms with van der Waals surface area (Å²) >= 11 is 1.58. The lowest BCUT2D eigenvalue weighted by molar-refractivity contribution is 0.00446. The van der Waals surface area contributed by atoms with E-state index in [2.05, 4.69) is 20.6 Å². The number of rotatable bonds is 7. The van der Waals surface area contributed by atoms with Crippen LogP contribution in [0, 0.1) is 12.8 Å². The van der Waals surface area contributed by atoms with E-state index in [4.69, 9.17) is 9.97 Å². The lowest BCUT2D eigenvalue weighted by Crippen LogP contribution is -2.35. The van der Waals surface area contributed by atoms with Crippen LogP contribution in [0.3, 0.4) is 0 Å². The third kappa shape index (κ3) is 4.28. The molecule has 4 atom stereocenters. The molecule has 176 valence electrons. The molecule has 10 heteroatoms. The second kappa shape index (κ2) is 8.75. The van der Waals surface area contributed by atoms with Crippen LogP contribution in [0.5, 0.6) is 0 Å². The first-order valence-electron chi connectivity index (χ1n) is 11.5. The number of thiazole rings is 1. The van der Waals surface area contributed by atoms with E-state index in [0.29, 0.717) is 24.1 Å². The average Bonchev–Trinajstić information content (AvgIpc) is 3.46. The van der Waals surface area contributed by atoms with Gasteiger partial charge < -0.3 is 26.0 Å². The Morgan fingerprint density at radius 2 is 1.94 bits per heavy atom. The molecule has 33 heavy (non-hydrogen) atoms. The first-order valence-corrected chi connectivity index (χ1v) is 12.3. The lowest BCUT2D eigenvalue weighted by Gasteiger charge is -2.21. The zero-order valence-corrected chi connectivity index (χ0v) is 19.8. The summed E-state index contributed by atoms with van der Waals surface area (Å²) in [6, 6.07) is 1.69. The van der Waals surface area contributed by atoms with Crippen molar-refractivity contribution >= 4 is 33.3 Å². The van der Waals surface area contributed by atoms with E-state index in [1.54, 1.807) is 11.3 Å². The van der Waals surface area contributed by atoms with Gasteiger partial charge in [0.25, 0.3) is 0 Å². The van der Waals surface area contributed by atoms with Gasteiger partial charge in [0.05, 0.1) is 33.8 Å². The number of aliphatic hydroxyl groups excluding tert-OH is 3. The zero-order valence-electron chi connectivity index (χ0n) is 19.0. The Hall–Kier alpha value is -2.40. The van der Waals surface area contributed by atoms with Crippen LogP contribution >= 0.6 is 11.3 Å². The van der Waals surface area contributed by atoms with E-state index < -0.39 is 18.2 Å². The highest BCUT2D eigenvalue weighted by atomic mass is 32.1. The summed E-state index contributed by atoms with van der Waals surface area (Å²) < 4.78 is 1.08. The van der Waals surface area contributed by atoms with Crippen LogP contribution in [0.1, 0.15) is 50.4 Å². The number of hydrogen-bond donors (Lipinski definition) is 5. The molecule has 2 fully saturated rings. The molecule has 3 aromatic rings. The number of anilines is 2. The highest BCUT2D eigenvalue weighted by Crippen LogP contribution is 2.44. The molecule has 3 heterocycles. The molecule has 2 saturated carbocycles. The van der Waals surface area contributed by atoms with Crippen molar-refractivity contribution in [3.05, 3.63) is 23.7 Å². The Bertz CT molecular complexity index is 1160. The van der Waals surface area contributed by atoms with Gasteiger partial charge in [-0.05, 0) is 46.1 Å². The molecule has 0 aromatic carbocycles. The first-order chi connectivity index (χ1) is 15.9. The van der Waals surface area contributed by atoms with E-state index >= 15 is 0 Å². The molecule has 0 bridgehead atoms. The minimum atomic E-state index is -1.01. The van der Waals surface area contributed by atoms with Gasteiger partial charge in [-0.3, -0.25) is 4.98 Å². The van der Waals surface area contributed by atoms with Crippen molar-refractivity contribution in [2.45, 2.75) is 70.2 Å². The van der Waals surface area contributed by atoms with Crippen molar-refractivity contribution in [1.82, 2.24) is 19.9 Å². The Morgan fingerprint density at radius 1 is 1.15 bits per heavy atom. The molecule has 2 aliphatic rings. The smallest absolute Gasteiger partial charge is 0.225 e. The number of fused-ring (bicyclic) bond motifs is 1. The molecule has 0 radical (unpaired) electrons. The molecule has 0 amide bonds. The second-order valence-electron chi connectivity index (χ2n) is 9.40. The minimum absolute atomic E-state index is 0.149.